The molecule has 0 saturated carbocycles. The molecule has 0 saturated heterocycles. The van der Waals surface area contributed by atoms with Crippen LogP contribution in [0.1, 0.15) is 35.3 Å². The molecule has 2 aromatic carbocycles. The van der Waals surface area contributed by atoms with Crippen LogP contribution >= 0.6 is 23.8 Å². The number of carbonyl (C=O) groups excluding carboxylic acids is 1. The van der Waals surface area contributed by atoms with Crippen molar-refractivity contribution in [3.05, 3.63) is 58.6 Å². The van der Waals surface area contributed by atoms with Crippen molar-refractivity contribution < 1.29 is 17.9 Å². The van der Waals surface area contributed by atoms with Crippen molar-refractivity contribution in [1.29, 1.82) is 0 Å². The molecule has 0 spiro atoms. The standard InChI is InChI=1S/C19H21ClN2O4S2/c1-4-17(12-5-8-14(9-6-12)28(3,24)25)22-19(27)21-13-7-10-16(20)15(11-13)18(23)26-2/h5-11,17H,4H2,1-3H3,(H2,21,22,27). The highest BCUT2D eigenvalue weighted by atomic mass is 35.5. The Morgan fingerprint density at radius 3 is 2.39 bits per heavy atom. The van der Waals surface area contributed by atoms with Crippen molar-refractivity contribution in [1.82, 2.24) is 5.32 Å². The summed E-state index contributed by atoms with van der Waals surface area (Å²) in [5, 5.41) is 6.85. The van der Waals surface area contributed by atoms with E-state index in [0.29, 0.717) is 10.8 Å². The van der Waals surface area contributed by atoms with Crippen LogP contribution < -0.4 is 10.6 Å². The Morgan fingerprint density at radius 2 is 1.86 bits per heavy atom. The molecule has 150 valence electrons. The summed E-state index contributed by atoms with van der Waals surface area (Å²) in [6, 6.07) is 11.4. The first kappa shape index (κ1) is 22.1. The molecule has 0 heterocycles. The average molecular weight is 441 g/mol. The third kappa shape index (κ3) is 5.67. The fourth-order valence-corrected chi connectivity index (χ4v) is 3.65. The van der Waals surface area contributed by atoms with Crippen molar-refractivity contribution in [2.75, 3.05) is 18.7 Å². The molecule has 1 unspecified atom stereocenters. The second-order valence-electron chi connectivity index (χ2n) is 6.09. The van der Waals surface area contributed by atoms with Gasteiger partial charge in [0.25, 0.3) is 0 Å². The van der Waals surface area contributed by atoms with E-state index in [1.807, 2.05) is 6.92 Å². The van der Waals surface area contributed by atoms with Gasteiger partial charge in [0.2, 0.25) is 0 Å². The largest absolute Gasteiger partial charge is 0.465 e. The van der Waals surface area contributed by atoms with Crippen molar-refractivity contribution in [2.45, 2.75) is 24.3 Å². The summed E-state index contributed by atoms with van der Waals surface area (Å²) >= 11 is 11.4. The van der Waals surface area contributed by atoms with Crippen LogP contribution in [0.2, 0.25) is 5.02 Å². The third-order valence-corrected chi connectivity index (χ3v) is 5.73. The van der Waals surface area contributed by atoms with Gasteiger partial charge in [0.15, 0.2) is 14.9 Å². The van der Waals surface area contributed by atoms with Gasteiger partial charge >= 0.3 is 5.97 Å². The van der Waals surface area contributed by atoms with E-state index < -0.39 is 15.8 Å². The molecule has 0 aliphatic carbocycles. The van der Waals surface area contributed by atoms with Crippen LogP contribution in [0, 0.1) is 0 Å². The maximum atomic E-state index is 11.8. The number of methoxy groups -OCH3 is 1. The normalized spacial score (nSPS) is 12.1. The number of anilines is 1. The summed E-state index contributed by atoms with van der Waals surface area (Å²) in [7, 11) is -1.96. The molecule has 6 nitrogen and oxygen atoms in total. The molecule has 2 aromatic rings. The topological polar surface area (TPSA) is 84.5 Å². The number of esters is 1. The summed E-state index contributed by atoms with van der Waals surface area (Å²) in [6.07, 6.45) is 1.90. The first-order valence-corrected chi connectivity index (χ1v) is 11.1. The predicted molar refractivity (Wildman–Crippen MR) is 115 cm³/mol. The van der Waals surface area contributed by atoms with Crippen LogP contribution in [0.4, 0.5) is 5.69 Å². The van der Waals surface area contributed by atoms with Crippen molar-refractivity contribution >= 4 is 50.4 Å². The number of ether oxygens (including phenoxy) is 1. The van der Waals surface area contributed by atoms with Crippen molar-refractivity contribution in [2.24, 2.45) is 0 Å². The van der Waals surface area contributed by atoms with Crippen LogP contribution in [0.5, 0.6) is 0 Å². The van der Waals surface area contributed by atoms with Gasteiger partial charge in [-0.25, -0.2) is 13.2 Å². The van der Waals surface area contributed by atoms with Crippen LogP contribution in [-0.2, 0) is 14.6 Å². The molecule has 0 aliphatic heterocycles. The van der Waals surface area contributed by atoms with Gasteiger partial charge in [0.05, 0.1) is 28.6 Å². The number of thiocarbonyl (C=S) groups is 1. The molecule has 0 bridgehead atoms. The average Bonchev–Trinajstić information content (AvgIpc) is 2.66. The maximum absolute atomic E-state index is 11.8. The molecule has 0 amide bonds. The highest BCUT2D eigenvalue weighted by Crippen LogP contribution is 2.22. The highest BCUT2D eigenvalue weighted by molar-refractivity contribution is 7.90. The quantitative estimate of drug-likeness (QED) is 0.519. The summed E-state index contributed by atoms with van der Waals surface area (Å²) in [5.74, 6) is -0.537. The van der Waals surface area contributed by atoms with Crippen LogP contribution in [0.15, 0.2) is 47.4 Å². The van der Waals surface area contributed by atoms with Crippen molar-refractivity contribution in [3.8, 4) is 0 Å². The molecule has 9 heteroatoms. The minimum absolute atomic E-state index is 0.110. The lowest BCUT2D eigenvalue weighted by Crippen LogP contribution is -2.32. The maximum Gasteiger partial charge on any atom is 0.339 e. The number of nitrogens with one attached hydrogen (secondary N) is 2. The fourth-order valence-electron chi connectivity index (χ4n) is 2.56. The lowest BCUT2D eigenvalue weighted by molar-refractivity contribution is 0.0601. The number of carbonyl (C=O) groups is 1. The SMILES string of the molecule is CCC(NC(=S)Nc1ccc(Cl)c(C(=O)OC)c1)c1ccc(S(C)(=O)=O)cc1. The van der Waals surface area contributed by atoms with Crippen LogP contribution in [0.3, 0.4) is 0 Å². The number of hydrogen-bond acceptors (Lipinski definition) is 5. The van der Waals surface area contributed by atoms with Gasteiger partial charge in [-0.05, 0) is 54.5 Å². The highest BCUT2D eigenvalue weighted by Gasteiger charge is 2.15. The van der Waals surface area contributed by atoms with E-state index >= 15 is 0 Å². The Balaban J connectivity index is 2.11. The molecule has 0 fully saturated rings. The Hall–Kier alpha value is -2.16. The summed E-state index contributed by atoms with van der Waals surface area (Å²) in [4.78, 5) is 12.0. The zero-order valence-electron chi connectivity index (χ0n) is 15.7. The smallest absolute Gasteiger partial charge is 0.339 e. The summed E-state index contributed by atoms with van der Waals surface area (Å²) < 4.78 is 27.9. The van der Waals surface area contributed by atoms with Crippen LogP contribution in [0.25, 0.3) is 0 Å². The van der Waals surface area contributed by atoms with Crippen molar-refractivity contribution in [3.63, 3.8) is 0 Å². The van der Waals surface area contributed by atoms with Gasteiger partial charge < -0.3 is 15.4 Å². The monoisotopic (exact) mass is 440 g/mol. The molecule has 0 aromatic heterocycles. The molecule has 0 radical (unpaired) electrons. The summed E-state index contributed by atoms with van der Waals surface area (Å²) in [6.45, 7) is 1.99. The number of hydrogen-bond donors (Lipinski definition) is 2. The minimum Gasteiger partial charge on any atom is -0.465 e. The first-order chi connectivity index (χ1) is 13.2. The number of rotatable bonds is 6. The second-order valence-corrected chi connectivity index (χ2v) is 8.92. The van der Waals surface area contributed by atoms with E-state index in [2.05, 4.69) is 10.6 Å². The number of sulfone groups is 1. The molecule has 2 rings (SSSR count). The number of halogens is 1. The predicted octanol–water partition coefficient (Wildman–Crippen LogP) is 3.97. The van der Waals surface area contributed by atoms with E-state index in [1.165, 1.54) is 13.4 Å². The molecule has 1 atom stereocenters. The van der Waals surface area contributed by atoms with Gasteiger partial charge in [-0.15, -0.1) is 0 Å². The first-order valence-electron chi connectivity index (χ1n) is 8.41. The van der Waals surface area contributed by atoms with Crippen LogP contribution in [-0.4, -0.2) is 32.9 Å². The fraction of sp³-hybridized carbons (Fsp3) is 0.263. The van der Waals surface area contributed by atoms with E-state index in [-0.39, 0.29) is 21.5 Å². The molecule has 2 N–H and O–H groups in total. The third-order valence-electron chi connectivity index (χ3n) is 4.05. The number of benzene rings is 2. The summed E-state index contributed by atoms with van der Waals surface area (Å²) in [5.41, 5.74) is 1.73. The van der Waals surface area contributed by atoms with Gasteiger partial charge in [-0.1, -0.05) is 30.7 Å². The zero-order chi connectivity index (χ0) is 20.9. The molecular formula is C19H21ClN2O4S2. The Morgan fingerprint density at radius 1 is 1.21 bits per heavy atom. The molecule has 0 aliphatic rings. The zero-order valence-corrected chi connectivity index (χ0v) is 18.0. The molecule has 28 heavy (non-hydrogen) atoms. The van der Waals surface area contributed by atoms with E-state index in [4.69, 9.17) is 28.6 Å². The lowest BCUT2D eigenvalue weighted by Gasteiger charge is -2.20. The van der Waals surface area contributed by atoms with E-state index in [1.54, 1.807) is 42.5 Å². The molecular weight excluding hydrogens is 420 g/mol. The van der Waals surface area contributed by atoms with Gasteiger partial charge in [0.1, 0.15) is 0 Å². The van der Waals surface area contributed by atoms with Gasteiger partial charge in [0, 0.05) is 11.9 Å². The van der Waals surface area contributed by atoms with E-state index in [9.17, 15) is 13.2 Å². The second kappa shape index (κ2) is 9.36. The van der Waals surface area contributed by atoms with Gasteiger partial charge in [-0.2, -0.15) is 0 Å². The van der Waals surface area contributed by atoms with Gasteiger partial charge in [-0.3, -0.25) is 0 Å². The Labute approximate surface area is 175 Å². The Bertz CT molecular complexity index is 976. The van der Waals surface area contributed by atoms with E-state index in [0.717, 1.165) is 12.0 Å². The lowest BCUT2D eigenvalue weighted by atomic mass is 10.1. The Kier molecular flexibility index (Phi) is 7.40. The minimum atomic E-state index is -3.24.